The molecular weight excluding hydrogens is 276 g/mol. The van der Waals surface area contributed by atoms with Crippen molar-refractivity contribution in [2.24, 2.45) is 5.92 Å². The van der Waals surface area contributed by atoms with E-state index in [1.807, 2.05) is 6.20 Å². The Labute approximate surface area is 132 Å². The van der Waals surface area contributed by atoms with E-state index in [0.717, 1.165) is 32.1 Å². The molecule has 1 aliphatic carbocycles. The molecule has 1 saturated carbocycles. The van der Waals surface area contributed by atoms with Crippen LogP contribution in [0.3, 0.4) is 0 Å². The molecular formula is C17H26N4O. The average molecular weight is 302 g/mol. The molecule has 0 bridgehead atoms. The fraction of sp³-hybridized carbons (Fsp3) is 0.765. The molecule has 5 heteroatoms. The van der Waals surface area contributed by atoms with Crippen LogP contribution in [0.15, 0.2) is 12.4 Å². The topological polar surface area (TPSA) is 41.5 Å². The van der Waals surface area contributed by atoms with Crippen molar-refractivity contribution in [2.45, 2.75) is 44.6 Å². The van der Waals surface area contributed by atoms with Gasteiger partial charge in [-0.1, -0.05) is 12.8 Å². The van der Waals surface area contributed by atoms with Crippen molar-refractivity contribution in [3.63, 3.8) is 0 Å². The molecule has 0 amide bonds. The van der Waals surface area contributed by atoms with Crippen molar-refractivity contribution in [1.29, 1.82) is 0 Å². The number of anilines is 1. The van der Waals surface area contributed by atoms with E-state index < -0.39 is 0 Å². The summed E-state index contributed by atoms with van der Waals surface area (Å²) in [5, 5.41) is 0. The highest BCUT2D eigenvalue weighted by atomic mass is 16.5. The van der Waals surface area contributed by atoms with Crippen molar-refractivity contribution >= 4 is 5.82 Å². The Bertz CT molecular complexity index is 503. The summed E-state index contributed by atoms with van der Waals surface area (Å²) in [5.74, 6) is 2.39. The highest BCUT2D eigenvalue weighted by molar-refractivity contribution is 5.38. The minimum absolute atomic E-state index is 0.693. The lowest BCUT2D eigenvalue weighted by Gasteiger charge is -2.38. The van der Waals surface area contributed by atoms with Crippen LogP contribution in [0.25, 0.3) is 0 Å². The Morgan fingerprint density at radius 3 is 2.86 bits per heavy atom. The number of ether oxygens (including phenoxy) is 1. The summed E-state index contributed by atoms with van der Waals surface area (Å²) in [5.41, 5.74) is 0. The van der Waals surface area contributed by atoms with E-state index in [1.165, 1.54) is 45.1 Å². The van der Waals surface area contributed by atoms with Gasteiger partial charge < -0.3 is 9.64 Å². The lowest BCUT2D eigenvalue weighted by molar-refractivity contribution is 0.228. The standard InChI is InChI=1S/C17H26N4O/c1-2-5-14(4-1)13-22-17-11-18-10-16(19-17)21-9-8-20-7-3-6-15(20)12-21/h10-11,14-15H,1-9,12-13H2. The average Bonchev–Trinajstić information content (AvgIpc) is 3.24. The summed E-state index contributed by atoms with van der Waals surface area (Å²) >= 11 is 0. The van der Waals surface area contributed by atoms with Crippen molar-refractivity contribution in [3.8, 4) is 5.88 Å². The monoisotopic (exact) mass is 302 g/mol. The van der Waals surface area contributed by atoms with E-state index in [-0.39, 0.29) is 0 Å². The zero-order valence-corrected chi connectivity index (χ0v) is 13.3. The molecule has 22 heavy (non-hydrogen) atoms. The van der Waals surface area contributed by atoms with Gasteiger partial charge in [0, 0.05) is 25.7 Å². The van der Waals surface area contributed by atoms with Gasteiger partial charge in [0.2, 0.25) is 5.88 Å². The van der Waals surface area contributed by atoms with Gasteiger partial charge in [-0.15, -0.1) is 0 Å². The van der Waals surface area contributed by atoms with Crippen LogP contribution in [0.4, 0.5) is 5.82 Å². The highest BCUT2D eigenvalue weighted by Gasteiger charge is 2.31. The number of hydrogen-bond acceptors (Lipinski definition) is 5. The van der Waals surface area contributed by atoms with Gasteiger partial charge in [0.1, 0.15) is 0 Å². The molecule has 1 aromatic heterocycles. The van der Waals surface area contributed by atoms with Crippen LogP contribution < -0.4 is 9.64 Å². The number of aromatic nitrogens is 2. The molecule has 0 radical (unpaired) electrons. The lowest BCUT2D eigenvalue weighted by atomic mass is 10.1. The van der Waals surface area contributed by atoms with Crippen LogP contribution in [0.1, 0.15) is 38.5 Å². The Balaban J connectivity index is 1.38. The second-order valence-corrected chi connectivity index (χ2v) is 6.96. The van der Waals surface area contributed by atoms with E-state index in [2.05, 4.69) is 14.8 Å². The zero-order chi connectivity index (χ0) is 14.8. The molecule has 2 aliphatic heterocycles. The number of piperazine rings is 1. The van der Waals surface area contributed by atoms with Crippen LogP contribution in [0.5, 0.6) is 5.88 Å². The smallest absolute Gasteiger partial charge is 0.234 e. The summed E-state index contributed by atoms with van der Waals surface area (Å²) in [6.45, 7) is 5.36. The maximum absolute atomic E-state index is 5.90. The number of nitrogens with zero attached hydrogens (tertiary/aromatic N) is 4. The number of rotatable bonds is 4. The van der Waals surface area contributed by atoms with E-state index >= 15 is 0 Å². The van der Waals surface area contributed by atoms with Crippen molar-refractivity contribution in [2.75, 3.05) is 37.7 Å². The Kier molecular flexibility index (Phi) is 4.15. The first kappa shape index (κ1) is 14.2. The summed E-state index contributed by atoms with van der Waals surface area (Å²) in [7, 11) is 0. The molecule has 1 unspecified atom stereocenters. The molecule has 5 nitrogen and oxygen atoms in total. The third-order valence-corrected chi connectivity index (χ3v) is 5.45. The van der Waals surface area contributed by atoms with Gasteiger partial charge in [0.25, 0.3) is 0 Å². The van der Waals surface area contributed by atoms with E-state index in [0.29, 0.717) is 17.8 Å². The molecule has 3 fully saturated rings. The lowest BCUT2D eigenvalue weighted by Crippen LogP contribution is -2.50. The predicted molar refractivity (Wildman–Crippen MR) is 86.3 cm³/mol. The van der Waals surface area contributed by atoms with Crippen LogP contribution in [0, 0.1) is 5.92 Å². The molecule has 1 aromatic rings. The zero-order valence-electron chi connectivity index (χ0n) is 13.3. The largest absolute Gasteiger partial charge is 0.476 e. The fourth-order valence-corrected chi connectivity index (χ4v) is 4.14. The van der Waals surface area contributed by atoms with Crippen molar-refractivity contribution in [3.05, 3.63) is 12.4 Å². The summed E-state index contributed by atoms with van der Waals surface area (Å²) in [6.07, 6.45) is 11.6. The Hall–Kier alpha value is -1.36. The van der Waals surface area contributed by atoms with Gasteiger partial charge in [-0.3, -0.25) is 9.88 Å². The van der Waals surface area contributed by atoms with E-state index in [4.69, 9.17) is 9.72 Å². The fourth-order valence-electron chi connectivity index (χ4n) is 4.14. The van der Waals surface area contributed by atoms with Crippen LogP contribution in [0.2, 0.25) is 0 Å². The van der Waals surface area contributed by atoms with Crippen molar-refractivity contribution in [1.82, 2.24) is 14.9 Å². The maximum atomic E-state index is 5.90. The van der Waals surface area contributed by atoms with Crippen molar-refractivity contribution < 1.29 is 4.74 Å². The first-order valence-corrected chi connectivity index (χ1v) is 8.82. The third-order valence-electron chi connectivity index (χ3n) is 5.45. The van der Waals surface area contributed by atoms with Gasteiger partial charge in [-0.25, -0.2) is 0 Å². The first-order chi connectivity index (χ1) is 10.9. The molecule has 120 valence electrons. The quantitative estimate of drug-likeness (QED) is 0.854. The third kappa shape index (κ3) is 3.05. The van der Waals surface area contributed by atoms with Gasteiger partial charge in [-0.05, 0) is 38.1 Å². The SMILES string of the molecule is c1ncc(N2CCN3CCCC3C2)nc1OCC1CCCC1. The second-order valence-electron chi connectivity index (χ2n) is 6.96. The summed E-state index contributed by atoms with van der Waals surface area (Å²) in [6, 6.07) is 0.707. The number of fused-ring (bicyclic) bond motifs is 1. The van der Waals surface area contributed by atoms with Gasteiger partial charge in [-0.2, -0.15) is 4.98 Å². The van der Waals surface area contributed by atoms with Crippen LogP contribution in [-0.4, -0.2) is 53.7 Å². The van der Waals surface area contributed by atoms with E-state index in [9.17, 15) is 0 Å². The van der Waals surface area contributed by atoms with Crippen LogP contribution in [-0.2, 0) is 0 Å². The molecule has 2 saturated heterocycles. The van der Waals surface area contributed by atoms with Gasteiger partial charge in [0.05, 0.1) is 19.0 Å². The van der Waals surface area contributed by atoms with Gasteiger partial charge >= 0.3 is 0 Å². The Morgan fingerprint density at radius 2 is 1.95 bits per heavy atom. The molecule has 0 spiro atoms. The minimum atomic E-state index is 0.693. The Morgan fingerprint density at radius 1 is 1.05 bits per heavy atom. The number of hydrogen-bond donors (Lipinski definition) is 0. The second kappa shape index (κ2) is 6.41. The first-order valence-electron chi connectivity index (χ1n) is 8.82. The molecule has 1 atom stereocenters. The maximum Gasteiger partial charge on any atom is 0.234 e. The molecule has 0 N–H and O–H groups in total. The van der Waals surface area contributed by atoms with Crippen LogP contribution >= 0.6 is 0 Å². The normalized spacial score (nSPS) is 26.4. The summed E-state index contributed by atoms with van der Waals surface area (Å²) in [4.78, 5) is 14.0. The van der Waals surface area contributed by atoms with E-state index in [1.54, 1.807) is 6.20 Å². The molecule has 3 heterocycles. The predicted octanol–water partition coefficient (Wildman–Crippen LogP) is 2.33. The molecule has 0 aromatic carbocycles. The summed E-state index contributed by atoms with van der Waals surface area (Å²) < 4.78 is 5.90. The minimum Gasteiger partial charge on any atom is -0.476 e. The molecule has 4 rings (SSSR count). The van der Waals surface area contributed by atoms with Gasteiger partial charge in [0.15, 0.2) is 5.82 Å². The molecule has 3 aliphatic rings. The highest BCUT2D eigenvalue weighted by Crippen LogP contribution is 2.27.